The molecule has 3 aromatic rings. The maximum atomic E-state index is 14.1. The lowest BCUT2D eigenvalue weighted by Gasteiger charge is -2.47. The average Bonchev–Trinajstić information content (AvgIpc) is 3.36. The highest BCUT2D eigenvalue weighted by Crippen LogP contribution is 2.42. The molecule has 1 unspecified atom stereocenters. The maximum Gasteiger partial charge on any atom is 0.254 e. The van der Waals surface area contributed by atoms with Gasteiger partial charge >= 0.3 is 0 Å². The van der Waals surface area contributed by atoms with E-state index in [1.54, 1.807) is 12.1 Å². The van der Waals surface area contributed by atoms with Gasteiger partial charge in [0, 0.05) is 49.8 Å². The molecule has 6 rings (SSSR count). The van der Waals surface area contributed by atoms with Crippen LogP contribution in [0, 0.1) is 11.2 Å². The number of aromatic nitrogens is 1. The highest BCUT2D eigenvalue weighted by atomic mass is 19.1. The highest BCUT2D eigenvalue weighted by Gasteiger charge is 2.39. The number of piperidine rings is 2. The Morgan fingerprint density at radius 1 is 0.921 bits per heavy atom. The van der Waals surface area contributed by atoms with Gasteiger partial charge in [0.2, 0.25) is 0 Å². The van der Waals surface area contributed by atoms with E-state index in [1.165, 1.54) is 17.8 Å². The molecular weight excluding hydrogens is 479 g/mol. The predicted molar refractivity (Wildman–Crippen MR) is 145 cm³/mol. The number of pyridine rings is 1. The van der Waals surface area contributed by atoms with E-state index in [1.807, 2.05) is 35.5 Å². The van der Waals surface area contributed by atoms with E-state index in [-0.39, 0.29) is 17.5 Å². The summed E-state index contributed by atoms with van der Waals surface area (Å²) in [4.78, 5) is 34.8. The van der Waals surface area contributed by atoms with E-state index in [2.05, 4.69) is 27.3 Å². The first-order valence-corrected chi connectivity index (χ1v) is 13.6. The predicted octanol–water partition coefficient (Wildman–Crippen LogP) is 5.16. The minimum atomic E-state index is -0.530. The summed E-state index contributed by atoms with van der Waals surface area (Å²) in [5, 5.41) is 2.98. The second-order valence-corrected chi connectivity index (χ2v) is 10.9. The van der Waals surface area contributed by atoms with Gasteiger partial charge in [-0.05, 0) is 91.5 Å². The molecule has 3 aliphatic rings. The maximum absolute atomic E-state index is 14.1. The number of nitrogens with one attached hydrogen (secondary N) is 1. The van der Waals surface area contributed by atoms with Gasteiger partial charge in [0.1, 0.15) is 5.82 Å². The summed E-state index contributed by atoms with van der Waals surface area (Å²) < 4.78 is 14.1. The molecule has 6 nitrogen and oxygen atoms in total. The van der Waals surface area contributed by atoms with Crippen LogP contribution in [0.25, 0.3) is 0 Å². The first-order valence-electron chi connectivity index (χ1n) is 13.6. The number of rotatable bonds is 4. The smallest absolute Gasteiger partial charge is 0.254 e. The van der Waals surface area contributed by atoms with Crippen LogP contribution < -0.4 is 10.2 Å². The summed E-state index contributed by atoms with van der Waals surface area (Å²) in [6.07, 6.45) is 9.65. The number of hydrogen-bond donors (Lipinski definition) is 1. The average molecular weight is 513 g/mol. The lowest BCUT2D eigenvalue weighted by molar-refractivity contribution is 0.0515. The Bertz CT molecular complexity index is 1330. The van der Waals surface area contributed by atoms with Crippen molar-refractivity contribution in [3.63, 3.8) is 0 Å². The van der Waals surface area contributed by atoms with Crippen LogP contribution in [0.3, 0.4) is 0 Å². The molecule has 3 heterocycles. The van der Waals surface area contributed by atoms with E-state index in [4.69, 9.17) is 0 Å². The van der Waals surface area contributed by atoms with Crippen LogP contribution in [0.4, 0.5) is 10.1 Å². The van der Waals surface area contributed by atoms with Crippen molar-refractivity contribution in [1.82, 2.24) is 15.2 Å². The second kappa shape index (κ2) is 10.2. The fourth-order valence-electron chi connectivity index (χ4n) is 6.43. The van der Waals surface area contributed by atoms with Gasteiger partial charge in [0.25, 0.3) is 11.8 Å². The number of benzene rings is 2. The van der Waals surface area contributed by atoms with Crippen molar-refractivity contribution in [3.8, 4) is 0 Å². The molecule has 2 amide bonds. The third kappa shape index (κ3) is 4.77. The van der Waals surface area contributed by atoms with E-state index >= 15 is 0 Å². The van der Waals surface area contributed by atoms with Crippen molar-refractivity contribution in [2.75, 3.05) is 31.1 Å². The molecule has 7 heteroatoms. The van der Waals surface area contributed by atoms with Gasteiger partial charge in [0.05, 0.1) is 11.6 Å². The Kier molecular flexibility index (Phi) is 6.60. The number of halogens is 1. The van der Waals surface area contributed by atoms with E-state index in [0.717, 1.165) is 75.8 Å². The molecule has 38 heavy (non-hydrogen) atoms. The number of carbonyl (C=O) groups is 2. The molecule has 1 aromatic heterocycles. The topological polar surface area (TPSA) is 65.5 Å². The molecule has 2 aromatic carbocycles. The molecule has 2 aliphatic heterocycles. The quantitative estimate of drug-likeness (QED) is 0.525. The normalized spacial score (nSPS) is 20.3. The van der Waals surface area contributed by atoms with Crippen LogP contribution in [-0.4, -0.2) is 47.9 Å². The van der Waals surface area contributed by atoms with Gasteiger partial charge in [-0.2, -0.15) is 0 Å². The van der Waals surface area contributed by atoms with E-state index < -0.39 is 11.7 Å². The van der Waals surface area contributed by atoms with E-state index in [0.29, 0.717) is 11.0 Å². The molecule has 2 saturated heterocycles. The summed E-state index contributed by atoms with van der Waals surface area (Å²) >= 11 is 0. The molecule has 1 N–H and O–H groups in total. The first kappa shape index (κ1) is 24.6. The summed E-state index contributed by atoms with van der Waals surface area (Å²) in [5.74, 6) is -0.894. The van der Waals surface area contributed by atoms with Crippen molar-refractivity contribution in [2.24, 2.45) is 5.41 Å². The Hall–Kier alpha value is -3.74. The molecule has 196 valence electrons. The van der Waals surface area contributed by atoms with Gasteiger partial charge in [-0.15, -0.1) is 0 Å². The van der Waals surface area contributed by atoms with Crippen molar-refractivity contribution in [3.05, 3.63) is 95.1 Å². The molecule has 1 spiro atoms. The third-order valence-electron chi connectivity index (χ3n) is 8.86. The lowest BCUT2D eigenvalue weighted by Crippen LogP contribution is -2.48. The van der Waals surface area contributed by atoms with Gasteiger partial charge in [-0.1, -0.05) is 18.2 Å². The van der Waals surface area contributed by atoms with E-state index in [9.17, 15) is 14.0 Å². The molecule has 2 fully saturated rings. The van der Waals surface area contributed by atoms with Crippen LogP contribution in [-0.2, 0) is 6.42 Å². The molecule has 0 saturated carbocycles. The number of fused-ring (bicyclic) bond motifs is 1. The third-order valence-corrected chi connectivity index (χ3v) is 8.86. The fourth-order valence-corrected chi connectivity index (χ4v) is 6.43. The number of aryl methyl sites for hydroxylation is 1. The number of likely N-dealkylation sites (tertiary alicyclic amines) is 1. The van der Waals surface area contributed by atoms with Crippen LogP contribution >= 0.6 is 0 Å². The zero-order chi connectivity index (χ0) is 26.1. The number of anilines is 1. The van der Waals surface area contributed by atoms with Gasteiger partial charge in [0.15, 0.2) is 0 Å². The minimum Gasteiger partial charge on any atom is -0.371 e. The molecular formula is C31H33FN4O2. The summed E-state index contributed by atoms with van der Waals surface area (Å²) in [6, 6.07) is 15.8. The van der Waals surface area contributed by atoms with Gasteiger partial charge in [-0.3, -0.25) is 14.6 Å². The van der Waals surface area contributed by atoms with Crippen LogP contribution in [0.5, 0.6) is 0 Å². The van der Waals surface area contributed by atoms with Crippen molar-refractivity contribution >= 4 is 17.5 Å². The van der Waals surface area contributed by atoms with Crippen molar-refractivity contribution in [2.45, 2.75) is 44.6 Å². The standard InChI is InChI=1S/C31H33FN4O2/c32-27-4-2-1-3-25(27)29(37)34-28-8-7-22-5-6-23(21-26(22)28)30(38)36-19-13-31(14-20-36)11-17-35(18-12-31)24-9-15-33-16-10-24/h1-6,9-10,15-16,21,28H,7-8,11-14,17-20H2,(H,34,37). The first-order chi connectivity index (χ1) is 18.5. The Morgan fingerprint density at radius 3 is 2.37 bits per heavy atom. The Labute approximate surface area is 222 Å². The highest BCUT2D eigenvalue weighted by molar-refractivity contribution is 5.96. The van der Waals surface area contributed by atoms with Gasteiger partial charge < -0.3 is 15.1 Å². The lowest BCUT2D eigenvalue weighted by atomic mass is 9.71. The molecule has 1 atom stereocenters. The Morgan fingerprint density at radius 2 is 1.63 bits per heavy atom. The monoisotopic (exact) mass is 512 g/mol. The number of hydrogen-bond acceptors (Lipinski definition) is 4. The van der Waals surface area contributed by atoms with Crippen LogP contribution in [0.1, 0.15) is 70.0 Å². The largest absolute Gasteiger partial charge is 0.371 e. The van der Waals surface area contributed by atoms with Crippen LogP contribution in [0.15, 0.2) is 67.0 Å². The van der Waals surface area contributed by atoms with Crippen LogP contribution in [0.2, 0.25) is 0 Å². The zero-order valence-corrected chi connectivity index (χ0v) is 21.5. The number of amides is 2. The second-order valence-electron chi connectivity index (χ2n) is 10.9. The van der Waals surface area contributed by atoms with Crippen molar-refractivity contribution in [1.29, 1.82) is 0 Å². The molecule has 0 radical (unpaired) electrons. The summed E-state index contributed by atoms with van der Waals surface area (Å²) in [7, 11) is 0. The SMILES string of the molecule is O=C(NC1CCc2ccc(C(=O)N3CCC4(CC3)CCN(c3ccncc3)CC4)cc21)c1ccccc1F. The zero-order valence-electron chi connectivity index (χ0n) is 21.5. The molecule has 0 bridgehead atoms. The number of carbonyl (C=O) groups excluding carboxylic acids is 2. The molecule has 1 aliphatic carbocycles. The Balaban J connectivity index is 1.08. The summed E-state index contributed by atoms with van der Waals surface area (Å²) in [6.45, 7) is 3.64. The minimum absolute atomic E-state index is 0.0436. The van der Waals surface area contributed by atoms with Crippen molar-refractivity contribution < 1.29 is 14.0 Å². The number of nitrogens with zero attached hydrogens (tertiary/aromatic N) is 3. The summed E-state index contributed by atoms with van der Waals surface area (Å²) in [5.41, 5.74) is 4.38. The fraction of sp³-hybridized carbons (Fsp3) is 0.387. The van der Waals surface area contributed by atoms with Gasteiger partial charge in [-0.25, -0.2) is 4.39 Å².